The van der Waals surface area contributed by atoms with Gasteiger partial charge in [-0.1, -0.05) is 12.2 Å². The van der Waals surface area contributed by atoms with Crippen LogP contribution in [0, 0.1) is 23.7 Å². The molecule has 0 spiro atoms. The van der Waals surface area contributed by atoms with E-state index >= 15 is 0 Å². The van der Waals surface area contributed by atoms with Crippen LogP contribution in [0.25, 0.3) is 0 Å². The smallest absolute Gasteiger partial charge is 0.0317 e. The molecule has 2 saturated carbocycles. The number of rotatable bonds is 0. The van der Waals surface area contributed by atoms with Gasteiger partial charge in [-0.15, -0.1) is 0 Å². The minimum Gasteiger partial charge on any atom is -0.0882 e. The number of hydrogen-bond donors (Lipinski definition) is 0. The van der Waals surface area contributed by atoms with Gasteiger partial charge < -0.3 is 0 Å². The Bertz CT molecular complexity index is 172. The maximum absolute atomic E-state index is 2.42. The zero-order valence-electron chi connectivity index (χ0n) is 7.00. The van der Waals surface area contributed by atoms with Gasteiger partial charge in [0.05, 0.1) is 0 Å². The molecule has 2 fully saturated rings. The molecular weight excluding hydrogens is 132 g/mol. The molecule has 0 aromatic heterocycles. The molecule has 0 nitrogen and oxygen atoms in total. The van der Waals surface area contributed by atoms with Crippen LogP contribution in [0.3, 0.4) is 0 Å². The number of hydrogen-bond acceptors (Lipinski definition) is 0. The highest BCUT2D eigenvalue weighted by atomic mass is 14.5. The van der Waals surface area contributed by atoms with Crippen molar-refractivity contribution in [2.24, 2.45) is 23.7 Å². The molecule has 3 aliphatic carbocycles. The molecule has 4 atom stereocenters. The minimum absolute atomic E-state index is 1.11. The monoisotopic (exact) mass is 148 g/mol. The third-order valence-corrected chi connectivity index (χ3v) is 4.26. The Labute approximate surface area is 68.7 Å². The molecule has 0 radical (unpaired) electrons. The Morgan fingerprint density at radius 2 is 1.36 bits per heavy atom. The second kappa shape index (κ2) is 2.12. The van der Waals surface area contributed by atoms with Gasteiger partial charge in [0.15, 0.2) is 0 Å². The topological polar surface area (TPSA) is 0 Å². The van der Waals surface area contributed by atoms with Crippen molar-refractivity contribution in [2.45, 2.75) is 32.1 Å². The van der Waals surface area contributed by atoms with Crippen molar-refractivity contribution in [3.63, 3.8) is 0 Å². The van der Waals surface area contributed by atoms with Crippen LogP contribution in [0.2, 0.25) is 0 Å². The summed E-state index contributed by atoms with van der Waals surface area (Å²) in [5.74, 6) is 4.49. The Balaban J connectivity index is 1.91. The Morgan fingerprint density at radius 1 is 0.818 bits per heavy atom. The van der Waals surface area contributed by atoms with Crippen LogP contribution in [-0.4, -0.2) is 0 Å². The molecule has 0 saturated heterocycles. The lowest BCUT2D eigenvalue weighted by atomic mass is 9.73. The first-order valence-corrected chi connectivity index (χ1v) is 5.10. The molecular formula is C11H16. The van der Waals surface area contributed by atoms with Crippen LogP contribution in [-0.2, 0) is 0 Å². The zero-order valence-corrected chi connectivity index (χ0v) is 7.00. The fourth-order valence-corrected chi connectivity index (χ4v) is 3.77. The van der Waals surface area contributed by atoms with Gasteiger partial charge in [0.25, 0.3) is 0 Å². The third-order valence-electron chi connectivity index (χ3n) is 4.26. The van der Waals surface area contributed by atoms with Gasteiger partial charge in [-0.25, -0.2) is 0 Å². The highest BCUT2D eigenvalue weighted by Gasteiger charge is 2.46. The molecule has 3 rings (SSSR count). The van der Waals surface area contributed by atoms with Crippen LogP contribution in [0.1, 0.15) is 32.1 Å². The lowest BCUT2D eigenvalue weighted by Gasteiger charge is -2.32. The van der Waals surface area contributed by atoms with E-state index in [1.165, 1.54) is 12.8 Å². The first kappa shape index (κ1) is 6.28. The summed E-state index contributed by atoms with van der Waals surface area (Å²) in [4.78, 5) is 0. The summed E-state index contributed by atoms with van der Waals surface area (Å²) in [5.41, 5.74) is 0. The van der Waals surface area contributed by atoms with E-state index in [1.807, 2.05) is 0 Å². The summed E-state index contributed by atoms with van der Waals surface area (Å²) in [7, 11) is 0. The summed E-state index contributed by atoms with van der Waals surface area (Å²) in [6.45, 7) is 0. The van der Waals surface area contributed by atoms with E-state index in [9.17, 15) is 0 Å². The van der Waals surface area contributed by atoms with Crippen LogP contribution >= 0.6 is 0 Å². The minimum atomic E-state index is 1.11. The molecule has 0 aliphatic heterocycles. The normalized spacial score (nSPS) is 53.1. The van der Waals surface area contributed by atoms with Gasteiger partial charge in [0.1, 0.15) is 0 Å². The lowest BCUT2D eigenvalue weighted by Crippen LogP contribution is -2.23. The standard InChI is InChI=1S/C11H16/c1-2-4-11-9-6-5-8(7-9)10(11)3-1/h1-2,8-11H,3-7H2/t8-,9-,10-,11-/m0/s1. The fourth-order valence-electron chi connectivity index (χ4n) is 3.77. The molecule has 0 heteroatoms. The third kappa shape index (κ3) is 0.758. The van der Waals surface area contributed by atoms with Crippen molar-refractivity contribution >= 4 is 0 Å². The molecule has 0 aromatic rings. The van der Waals surface area contributed by atoms with E-state index < -0.39 is 0 Å². The first-order chi connectivity index (χ1) is 5.45. The second-order valence-corrected chi connectivity index (χ2v) is 4.60. The van der Waals surface area contributed by atoms with Crippen LogP contribution < -0.4 is 0 Å². The summed E-state index contributed by atoms with van der Waals surface area (Å²) >= 11 is 0. The molecule has 3 aliphatic rings. The fraction of sp³-hybridized carbons (Fsp3) is 0.818. The van der Waals surface area contributed by atoms with Gasteiger partial charge >= 0.3 is 0 Å². The zero-order chi connectivity index (χ0) is 7.26. The summed E-state index contributed by atoms with van der Waals surface area (Å²) < 4.78 is 0. The van der Waals surface area contributed by atoms with E-state index in [2.05, 4.69) is 12.2 Å². The summed E-state index contributed by atoms with van der Waals surface area (Å²) in [6.07, 6.45) is 12.3. The molecule has 0 aromatic carbocycles. The molecule has 60 valence electrons. The maximum atomic E-state index is 2.42. The Hall–Kier alpha value is -0.260. The van der Waals surface area contributed by atoms with Crippen molar-refractivity contribution in [3.8, 4) is 0 Å². The van der Waals surface area contributed by atoms with Crippen LogP contribution in [0.4, 0.5) is 0 Å². The van der Waals surface area contributed by atoms with Gasteiger partial charge in [-0.3, -0.25) is 0 Å². The molecule has 0 heterocycles. The van der Waals surface area contributed by atoms with Crippen LogP contribution in [0.5, 0.6) is 0 Å². The quantitative estimate of drug-likeness (QED) is 0.463. The summed E-state index contributed by atoms with van der Waals surface area (Å²) in [5, 5.41) is 0. The van der Waals surface area contributed by atoms with Gasteiger partial charge in [-0.05, 0) is 55.8 Å². The highest BCUT2D eigenvalue weighted by Crippen LogP contribution is 2.55. The van der Waals surface area contributed by atoms with Gasteiger partial charge in [0, 0.05) is 0 Å². The van der Waals surface area contributed by atoms with Gasteiger partial charge in [0.2, 0.25) is 0 Å². The highest BCUT2D eigenvalue weighted by molar-refractivity contribution is 5.05. The Kier molecular flexibility index (Phi) is 1.21. The predicted octanol–water partition coefficient (Wildman–Crippen LogP) is 3.00. The number of allylic oxidation sites excluding steroid dienone is 2. The molecule has 0 unspecified atom stereocenters. The van der Waals surface area contributed by atoms with Crippen molar-refractivity contribution in [2.75, 3.05) is 0 Å². The maximum Gasteiger partial charge on any atom is -0.0317 e. The SMILES string of the molecule is C1=CC[C@H]2[C@H]3CC[C@@H](C3)[C@@H]2C1. The van der Waals surface area contributed by atoms with Crippen molar-refractivity contribution in [1.82, 2.24) is 0 Å². The molecule has 0 amide bonds. The largest absolute Gasteiger partial charge is 0.0882 e. The molecule has 2 bridgehead atoms. The second-order valence-electron chi connectivity index (χ2n) is 4.60. The average Bonchev–Trinajstić information content (AvgIpc) is 2.64. The van der Waals surface area contributed by atoms with E-state index in [0.717, 1.165) is 23.7 Å². The van der Waals surface area contributed by atoms with Crippen molar-refractivity contribution in [1.29, 1.82) is 0 Å². The van der Waals surface area contributed by atoms with E-state index in [-0.39, 0.29) is 0 Å². The average molecular weight is 148 g/mol. The molecule has 0 N–H and O–H groups in total. The summed E-state index contributed by atoms with van der Waals surface area (Å²) in [6, 6.07) is 0. The van der Waals surface area contributed by atoms with Crippen molar-refractivity contribution < 1.29 is 0 Å². The van der Waals surface area contributed by atoms with E-state index in [1.54, 1.807) is 19.3 Å². The number of fused-ring (bicyclic) bond motifs is 5. The first-order valence-electron chi connectivity index (χ1n) is 5.10. The van der Waals surface area contributed by atoms with Crippen LogP contribution in [0.15, 0.2) is 12.2 Å². The van der Waals surface area contributed by atoms with Crippen molar-refractivity contribution in [3.05, 3.63) is 12.2 Å². The van der Waals surface area contributed by atoms with Gasteiger partial charge in [-0.2, -0.15) is 0 Å². The Morgan fingerprint density at radius 3 is 1.91 bits per heavy atom. The van der Waals surface area contributed by atoms with E-state index in [0.29, 0.717) is 0 Å². The molecule has 11 heavy (non-hydrogen) atoms. The predicted molar refractivity (Wildman–Crippen MR) is 46.2 cm³/mol. The van der Waals surface area contributed by atoms with E-state index in [4.69, 9.17) is 0 Å². The lowest BCUT2D eigenvalue weighted by molar-refractivity contribution is 0.216.